The average Bonchev–Trinajstić information content (AvgIpc) is 3.35. The van der Waals surface area contributed by atoms with Gasteiger partial charge in [0.15, 0.2) is 11.5 Å². The number of piperidine rings is 1. The van der Waals surface area contributed by atoms with Gasteiger partial charge in [-0.15, -0.1) is 0 Å². The van der Waals surface area contributed by atoms with Gasteiger partial charge in [0.2, 0.25) is 11.5 Å². The van der Waals surface area contributed by atoms with E-state index in [-0.39, 0.29) is 11.3 Å². The molecule has 4 rings (SSSR count). The normalized spacial score (nSPS) is 17.2. The van der Waals surface area contributed by atoms with Crippen LogP contribution in [0.25, 0.3) is 0 Å². The van der Waals surface area contributed by atoms with Crippen molar-refractivity contribution >= 4 is 17.8 Å². The van der Waals surface area contributed by atoms with Gasteiger partial charge in [-0.3, -0.25) is 14.4 Å². The van der Waals surface area contributed by atoms with Gasteiger partial charge in [-0.05, 0) is 56.5 Å². The van der Waals surface area contributed by atoms with Crippen LogP contribution in [0.15, 0.2) is 30.3 Å². The first-order valence-corrected chi connectivity index (χ1v) is 13.7. The van der Waals surface area contributed by atoms with Crippen molar-refractivity contribution < 1.29 is 43.5 Å². The first-order chi connectivity index (χ1) is 20.0. The fourth-order valence-electron chi connectivity index (χ4n) is 5.09. The van der Waals surface area contributed by atoms with Gasteiger partial charge in [0.1, 0.15) is 5.75 Å². The molecule has 1 unspecified atom stereocenters. The number of amides is 1. The van der Waals surface area contributed by atoms with Crippen molar-refractivity contribution in [3.8, 4) is 28.7 Å². The molecule has 42 heavy (non-hydrogen) atoms. The molecule has 0 aliphatic carbocycles. The van der Waals surface area contributed by atoms with E-state index >= 15 is 0 Å². The van der Waals surface area contributed by atoms with Crippen LogP contribution in [0.2, 0.25) is 0 Å². The molecule has 0 radical (unpaired) electrons. The number of benzene rings is 2. The van der Waals surface area contributed by atoms with Crippen LogP contribution in [0, 0.1) is 5.41 Å². The Bertz CT molecular complexity index is 1180. The SMILES string of the molecule is CC(=O)O.CC(=O)O.COc1c(Oc2ccc(CCN)cc2)cc(C(=O)N2CCC3(CCCNC3)C2)c(OC)c1OC. The van der Waals surface area contributed by atoms with Crippen molar-refractivity contribution in [1.82, 2.24) is 10.2 Å². The Morgan fingerprint density at radius 2 is 1.55 bits per heavy atom. The monoisotopic (exact) mass is 589 g/mol. The van der Waals surface area contributed by atoms with Crippen LogP contribution in [-0.2, 0) is 16.0 Å². The Balaban J connectivity index is 0.000000686. The summed E-state index contributed by atoms with van der Waals surface area (Å²) in [7, 11) is 4.59. The molecule has 2 aliphatic heterocycles. The molecule has 0 aromatic heterocycles. The number of carboxylic acids is 2. The lowest BCUT2D eigenvalue weighted by Crippen LogP contribution is -2.42. The summed E-state index contributed by atoms with van der Waals surface area (Å²) in [4.78, 5) is 33.6. The highest BCUT2D eigenvalue weighted by Crippen LogP contribution is 2.49. The average molecular weight is 590 g/mol. The van der Waals surface area contributed by atoms with Gasteiger partial charge in [0.05, 0.1) is 26.9 Å². The number of nitrogens with zero attached hydrogens (tertiary/aromatic N) is 1. The minimum Gasteiger partial charge on any atom is -0.492 e. The zero-order valence-corrected chi connectivity index (χ0v) is 25.0. The summed E-state index contributed by atoms with van der Waals surface area (Å²) in [6.07, 6.45) is 4.08. The van der Waals surface area contributed by atoms with Crippen LogP contribution in [-0.4, -0.2) is 87.0 Å². The van der Waals surface area contributed by atoms with Gasteiger partial charge in [-0.2, -0.15) is 0 Å². The molecule has 5 N–H and O–H groups in total. The number of carbonyl (C=O) groups excluding carboxylic acids is 1. The van der Waals surface area contributed by atoms with Crippen molar-refractivity contribution in [2.45, 2.75) is 39.5 Å². The van der Waals surface area contributed by atoms with E-state index in [0.29, 0.717) is 40.9 Å². The van der Waals surface area contributed by atoms with Crippen LogP contribution < -0.4 is 30.0 Å². The Kier molecular flexibility index (Phi) is 13.4. The zero-order chi connectivity index (χ0) is 31.3. The molecule has 0 bridgehead atoms. The standard InChI is InChI=1S/C26H35N3O5.2C2H4O2/c1-31-22-20(25(30)29-14-11-26(17-29)10-4-13-28-16-26)15-21(23(32-2)24(22)33-3)34-19-7-5-18(6-8-19)9-12-27;2*1-2(3)4/h5-8,15,28H,4,9-14,16-17,27H2,1-3H3;2*1H3,(H,3,4). The van der Waals surface area contributed by atoms with Gasteiger partial charge < -0.3 is 45.1 Å². The fourth-order valence-corrected chi connectivity index (χ4v) is 5.09. The maximum atomic E-state index is 13.7. The Morgan fingerprint density at radius 1 is 0.952 bits per heavy atom. The summed E-state index contributed by atoms with van der Waals surface area (Å²) < 4.78 is 23.1. The third-order valence-electron chi connectivity index (χ3n) is 6.87. The summed E-state index contributed by atoms with van der Waals surface area (Å²) in [5.41, 5.74) is 7.33. The van der Waals surface area contributed by atoms with Crippen LogP contribution in [0.4, 0.5) is 0 Å². The second kappa shape index (κ2) is 16.4. The van der Waals surface area contributed by atoms with E-state index in [2.05, 4.69) is 5.32 Å². The molecule has 2 aromatic rings. The van der Waals surface area contributed by atoms with Crippen molar-refractivity contribution in [1.29, 1.82) is 0 Å². The number of nitrogens with two attached hydrogens (primary N) is 1. The van der Waals surface area contributed by atoms with E-state index in [1.807, 2.05) is 29.2 Å². The third kappa shape index (κ3) is 9.52. The number of aliphatic carboxylic acids is 2. The first kappa shape index (κ1) is 34.2. The van der Waals surface area contributed by atoms with Crippen molar-refractivity contribution in [3.05, 3.63) is 41.5 Å². The Morgan fingerprint density at radius 3 is 2.05 bits per heavy atom. The lowest BCUT2D eigenvalue weighted by molar-refractivity contribution is -0.135. The van der Waals surface area contributed by atoms with Gasteiger partial charge in [-0.25, -0.2) is 0 Å². The molecule has 2 saturated heterocycles. The Hall–Kier alpha value is -4.03. The largest absolute Gasteiger partial charge is 0.492 e. The van der Waals surface area contributed by atoms with Crippen LogP contribution in [0.1, 0.15) is 49.0 Å². The third-order valence-corrected chi connectivity index (χ3v) is 6.87. The number of hydrogen-bond donors (Lipinski definition) is 4. The number of methoxy groups -OCH3 is 3. The maximum Gasteiger partial charge on any atom is 0.300 e. The predicted molar refractivity (Wildman–Crippen MR) is 157 cm³/mol. The molecule has 2 fully saturated rings. The molecule has 2 heterocycles. The predicted octanol–water partition coefficient (Wildman–Crippen LogP) is 3.40. The maximum absolute atomic E-state index is 13.7. The number of ether oxygens (including phenoxy) is 4. The second-order valence-corrected chi connectivity index (χ2v) is 10.1. The van der Waals surface area contributed by atoms with E-state index < -0.39 is 11.9 Å². The molecule has 1 atom stereocenters. The van der Waals surface area contributed by atoms with E-state index in [4.69, 9.17) is 44.5 Å². The highest BCUT2D eigenvalue weighted by atomic mass is 16.5. The van der Waals surface area contributed by atoms with Crippen LogP contribution in [0.3, 0.4) is 0 Å². The van der Waals surface area contributed by atoms with E-state index in [9.17, 15) is 4.79 Å². The summed E-state index contributed by atoms with van der Waals surface area (Å²) >= 11 is 0. The molecule has 2 aromatic carbocycles. The van der Waals surface area contributed by atoms with E-state index in [1.165, 1.54) is 21.3 Å². The minimum absolute atomic E-state index is 0.0941. The Labute approximate surface area is 246 Å². The van der Waals surface area contributed by atoms with E-state index in [1.54, 1.807) is 6.07 Å². The fraction of sp³-hybridized carbons (Fsp3) is 0.500. The summed E-state index contributed by atoms with van der Waals surface area (Å²) in [6, 6.07) is 9.40. The second-order valence-electron chi connectivity index (χ2n) is 10.1. The number of carboxylic acid groups (broad SMARTS) is 2. The van der Waals surface area contributed by atoms with Crippen molar-refractivity contribution in [2.75, 3.05) is 54.1 Å². The lowest BCUT2D eigenvalue weighted by atomic mass is 9.80. The minimum atomic E-state index is -0.833. The van der Waals surface area contributed by atoms with Gasteiger partial charge in [0.25, 0.3) is 17.8 Å². The van der Waals surface area contributed by atoms with E-state index in [0.717, 1.165) is 71.3 Å². The molecule has 12 nitrogen and oxygen atoms in total. The molecule has 1 amide bonds. The molecule has 1 spiro atoms. The van der Waals surface area contributed by atoms with Gasteiger partial charge in [0, 0.05) is 45.0 Å². The molecular weight excluding hydrogens is 546 g/mol. The highest BCUT2D eigenvalue weighted by Gasteiger charge is 2.41. The molecular formula is C30H43N3O9. The summed E-state index contributed by atoms with van der Waals surface area (Å²) in [5.74, 6) is 0.303. The summed E-state index contributed by atoms with van der Waals surface area (Å²) in [6.45, 7) is 6.20. The number of hydrogen-bond acceptors (Lipinski definition) is 9. The van der Waals surface area contributed by atoms with Gasteiger partial charge in [-0.1, -0.05) is 12.1 Å². The number of carbonyl (C=O) groups is 3. The van der Waals surface area contributed by atoms with Crippen molar-refractivity contribution in [3.63, 3.8) is 0 Å². The molecule has 0 saturated carbocycles. The van der Waals surface area contributed by atoms with Crippen LogP contribution >= 0.6 is 0 Å². The molecule has 232 valence electrons. The molecule has 12 heteroatoms. The topological polar surface area (TPSA) is 170 Å². The number of rotatable bonds is 8. The first-order valence-electron chi connectivity index (χ1n) is 13.7. The summed E-state index contributed by atoms with van der Waals surface area (Å²) in [5, 5.41) is 18.3. The van der Waals surface area contributed by atoms with Crippen LogP contribution in [0.5, 0.6) is 28.7 Å². The zero-order valence-electron chi connectivity index (χ0n) is 25.0. The highest BCUT2D eigenvalue weighted by molar-refractivity contribution is 5.99. The lowest BCUT2D eigenvalue weighted by Gasteiger charge is -2.33. The number of likely N-dealkylation sites (tertiary alicyclic amines) is 1. The quantitative estimate of drug-likeness (QED) is 0.356. The number of nitrogens with one attached hydrogen (secondary N) is 1. The smallest absolute Gasteiger partial charge is 0.300 e. The van der Waals surface area contributed by atoms with Gasteiger partial charge >= 0.3 is 0 Å². The molecule has 2 aliphatic rings. The van der Waals surface area contributed by atoms with Crippen molar-refractivity contribution in [2.24, 2.45) is 11.1 Å².